The van der Waals surface area contributed by atoms with Gasteiger partial charge in [-0.3, -0.25) is 9.69 Å². The van der Waals surface area contributed by atoms with Crippen LogP contribution in [0.15, 0.2) is 42.5 Å². The molecule has 1 aliphatic heterocycles. The Labute approximate surface area is 179 Å². The highest BCUT2D eigenvalue weighted by Gasteiger charge is 2.27. The molecule has 2 aromatic carbocycles. The van der Waals surface area contributed by atoms with E-state index in [1.807, 2.05) is 18.2 Å². The molecule has 1 saturated heterocycles. The van der Waals surface area contributed by atoms with E-state index in [4.69, 9.17) is 11.6 Å². The lowest BCUT2D eigenvalue weighted by Crippen LogP contribution is -2.43. The molecule has 1 aliphatic carbocycles. The Bertz CT molecular complexity index is 866. The standard InChI is InChI=1S/C25H31ClN2O/c1-18(20-13-12-19-7-2-3-8-21(19)15-20)27-25(29)23-10-6-14-28(17-23)16-22-9-4-5-11-24(22)26/h4-5,9,11-13,15,18,23H,2-3,6-8,10,14,16-17H2,1H3,(H,27,29)/t18-,23-/m0/s1. The lowest BCUT2D eigenvalue weighted by molar-refractivity contribution is -0.127. The van der Waals surface area contributed by atoms with Crippen molar-refractivity contribution in [3.05, 3.63) is 69.7 Å². The molecule has 154 valence electrons. The van der Waals surface area contributed by atoms with Gasteiger partial charge in [-0.2, -0.15) is 0 Å². The van der Waals surface area contributed by atoms with Crippen molar-refractivity contribution in [3.63, 3.8) is 0 Å². The van der Waals surface area contributed by atoms with Crippen molar-refractivity contribution in [1.82, 2.24) is 10.2 Å². The summed E-state index contributed by atoms with van der Waals surface area (Å²) in [6.07, 6.45) is 6.95. The number of rotatable bonds is 5. The Morgan fingerprint density at radius 2 is 1.93 bits per heavy atom. The van der Waals surface area contributed by atoms with E-state index in [1.54, 1.807) is 0 Å². The largest absolute Gasteiger partial charge is 0.349 e. The molecule has 0 saturated carbocycles. The van der Waals surface area contributed by atoms with Gasteiger partial charge in [0.1, 0.15) is 0 Å². The van der Waals surface area contributed by atoms with Crippen molar-refractivity contribution in [1.29, 1.82) is 0 Å². The molecular formula is C25H31ClN2O. The zero-order chi connectivity index (χ0) is 20.2. The lowest BCUT2D eigenvalue weighted by Gasteiger charge is -2.33. The van der Waals surface area contributed by atoms with E-state index in [2.05, 4.69) is 41.4 Å². The maximum Gasteiger partial charge on any atom is 0.224 e. The monoisotopic (exact) mass is 410 g/mol. The summed E-state index contributed by atoms with van der Waals surface area (Å²) in [5, 5.41) is 4.08. The average molecular weight is 411 g/mol. The van der Waals surface area contributed by atoms with Crippen molar-refractivity contribution in [2.75, 3.05) is 13.1 Å². The summed E-state index contributed by atoms with van der Waals surface area (Å²) in [4.78, 5) is 15.3. The summed E-state index contributed by atoms with van der Waals surface area (Å²) >= 11 is 6.32. The van der Waals surface area contributed by atoms with Crippen molar-refractivity contribution in [3.8, 4) is 0 Å². The Hall–Kier alpha value is -1.84. The number of hydrogen-bond donors (Lipinski definition) is 1. The van der Waals surface area contributed by atoms with Crippen LogP contribution in [0.1, 0.15) is 60.9 Å². The lowest BCUT2D eigenvalue weighted by atomic mass is 9.89. The van der Waals surface area contributed by atoms with E-state index in [1.165, 1.54) is 42.4 Å². The maximum atomic E-state index is 13.0. The molecule has 2 aliphatic rings. The highest BCUT2D eigenvalue weighted by Crippen LogP contribution is 2.26. The molecule has 1 N–H and O–H groups in total. The number of benzene rings is 2. The molecule has 1 amide bonds. The third-order valence-electron chi connectivity index (χ3n) is 6.46. The van der Waals surface area contributed by atoms with Crippen LogP contribution >= 0.6 is 11.6 Å². The van der Waals surface area contributed by atoms with Gasteiger partial charge >= 0.3 is 0 Å². The van der Waals surface area contributed by atoms with Crippen molar-refractivity contribution >= 4 is 17.5 Å². The molecule has 0 bridgehead atoms. The van der Waals surface area contributed by atoms with E-state index >= 15 is 0 Å². The Morgan fingerprint density at radius 3 is 2.76 bits per heavy atom. The molecule has 4 heteroatoms. The van der Waals surface area contributed by atoms with E-state index in [0.29, 0.717) is 0 Å². The summed E-state index contributed by atoms with van der Waals surface area (Å²) in [6, 6.07) is 14.8. The molecule has 0 radical (unpaired) electrons. The Morgan fingerprint density at radius 1 is 1.14 bits per heavy atom. The van der Waals surface area contributed by atoms with E-state index in [9.17, 15) is 4.79 Å². The van der Waals surface area contributed by atoms with E-state index < -0.39 is 0 Å². The minimum Gasteiger partial charge on any atom is -0.349 e. The van der Waals surface area contributed by atoms with Gasteiger partial charge in [-0.25, -0.2) is 0 Å². The number of nitrogens with zero attached hydrogens (tertiary/aromatic N) is 1. The van der Waals surface area contributed by atoms with Gasteiger partial charge in [0.25, 0.3) is 0 Å². The van der Waals surface area contributed by atoms with Gasteiger partial charge in [-0.1, -0.05) is 48.0 Å². The molecule has 0 unspecified atom stereocenters. The first kappa shape index (κ1) is 20.4. The molecule has 2 aromatic rings. The fourth-order valence-electron chi connectivity index (χ4n) is 4.72. The smallest absolute Gasteiger partial charge is 0.224 e. The Kier molecular flexibility index (Phi) is 6.56. The number of likely N-dealkylation sites (tertiary alicyclic amines) is 1. The number of carbonyl (C=O) groups excluding carboxylic acids is 1. The number of hydrogen-bond acceptors (Lipinski definition) is 2. The molecule has 29 heavy (non-hydrogen) atoms. The first-order valence-electron chi connectivity index (χ1n) is 11.0. The third kappa shape index (κ3) is 5.02. The van der Waals surface area contributed by atoms with Gasteiger partial charge < -0.3 is 5.32 Å². The topological polar surface area (TPSA) is 32.3 Å². The van der Waals surface area contributed by atoms with Crippen LogP contribution in [0.25, 0.3) is 0 Å². The van der Waals surface area contributed by atoms with E-state index in [0.717, 1.165) is 43.1 Å². The highest BCUT2D eigenvalue weighted by atomic mass is 35.5. The van der Waals surface area contributed by atoms with Crippen LogP contribution in [-0.4, -0.2) is 23.9 Å². The number of nitrogens with one attached hydrogen (secondary N) is 1. The molecule has 2 atom stereocenters. The summed E-state index contributed by atoms with van der Waals surface area (Å²) in [5.74, 6) is 0.227. The zero-order valence-electron chi connectivity index (χ0n) is 17.3. The van der Waals surface area contributed by atoms with Crippen molar-refractivity contribution in [2.45, 2.75) is 58.0 Å². The molecule has 4 rings (SSSR count). The fourth-order valence-corrected chi connectivity index (χ4v) is 4.91. The van der Waals surface area contributed by atoms with Gasteiger partial charge in [0, 0.05) is 18.1 Å². The summed E-state index contributed by atoms with van der Waals surface area (Å²) in [5.41, 5.74) is 5.32. The maximum absolute atomic E-state index is 13.0. The van der Waals surface area contributed by atoms with Crippen LogP contribution in [0.3, 0.4) is 0 Å². The molecule has 0 aromatic heterocycles. The van der Waals surface area contributed by atoms with Crippen LogP contribution in [0, 0.1) is 5.92 Å². The number of aryl methyl sites for hydroxylation is 2. The molecule has 1 fully saturated rings. The zero-order valence-corrected chi connectivity index (χ0v) is 18.0. The van der Waals surface area contributed by atoms with Gasteiger partial charge in [0.15, 0.2) is 0 Å². The number of fused-ring (bicyclic) bond motifs is 1. The van der Waals surface area contributed by atoms with Gasteiger partial charge in [0.05, 0.1) is 12.0 Å². The molecule has 1 heterocycles. The molecule has 0 spiro atoms. The minimum absolute atomic E-state index is 0.0475. The third-order valence-corrected chi connectivity index (χ3v) is 6.83. The van der Waals surface area contributed by atoms with Crippen LogP contribution in [-0.2, 0) is 24.2 Å². The normalized spacial score (nSPS) is 20.7. The van der Waals surface area contributed by atoms with Crippen LogP contribution < -0.4 is 5.32 Å². The number of carbonyl (C=O) groups is 1. The van der Waals surface area contributed by atoms with Crippen LogP contribution in [0.5, 0.6) is 0 Å². The van der Waals surface area contributed by atoms with E-state index in [-0.39, 0.29) is 17.9 Å². The predicted octanol–water partition coefficient (Wildman–Crippen LogP) is 5.31. The fraction of sp³-hybridized carbons (Fsp3) is 0.480. The second kappa shape index (κ2) is 9.32. The van der Waals surface area contributed by atoms with Gasteiger partial charge in [-0.05, 0) is 80.3 Å². The van der Waals surface area contributed by atoms with Crippen LogP contribution in [0.4, 0.5) is 0 Å². The first-order chi connectivity index (χ1) is 14.1. The second-order valence-corrected chi connectivity index (χ2v) is 9.04. The van der Waals surface area contributed by atoms with Gasteiger partial charge in [-0.15, -0.1) is 0 Å². The average Bonchev–Trinajstić information content (AvgIpc) is 2.75. The van der Waals surface area contributed by atoms with Gasteiger partial charge in [0.2, 0.25) is 5.91 Å². The predicted molar refractivity (Wildman–Crippen MR) is 119 cm³/mol. The number of amides is 1. The number of piperidine rings is 1. The quantitative estimate of drug-likeness (QED) is 0.724. The second-order valence-electron chi connectivity index (χ2n) is 8.63. The molecular weight excluding hydrogens is 380 g/mol. The summed E-state index contributed by atoms with van der Waals surface area (Å²) in [7, 11) is 0. The minimum atomic E-state index is 0.0475. The SMILES string of the molecule is C[C@H](NC(=O)[C@H]1CCCN(Cc2ccccc2Cl)C1)c1ccc2c(c1)CCCC2. The van der Waals surface area contributed by atoms with Crippen LogP contribution in [0.2, 0.25) is 5.02 Å². The highest BCUT2D eigenvalue weighted by molar-refractivity contribution is 6.31. The summed E-state index contributed by atoms with van der Waals surface area (Å²) in [6.45, 7) is 4.74. The van der Waals surface area contributed by atoms with Crippen molar-refractivity contribution in [2.24, 2.45) is 5.92 Å². The first-order valence-corrected chi connectivity index (χ1v) is 11.4. The Balaban J connectivity index is 1.36. The number of halogens is 1. The molecule has 3 nitrogen and oxygen atoms in total. The summed E-state index contributed by atoms with van der Waals surface area (Å²) < 4.78 is 0. The van der Waals surface area contributed by atoms with Crippen molar-refractivity contribution < 1.29 is 4.79 Å².